The van der Waals surface area contributed by atoms with Crippen molar-refractivity contribution in [2.75, 3.05) is 13.7 Å². The normalized spacial score (nSPS) is 43.3. The van der Waals surface area contributed by atoms with E-state index in [0.717, 1.165) is 17.6 Å². The summed E-state index contributed by atoms with van der Waals surface area (Å²) in [7, 11) is 1.56. The first kappa shape index (κ1) is 19.7. The Balaban J connectivity index is 2.20. The molecule has 5 heteroatoms. The van der Waals surface area contributed by atoms with Gasteiger partial charge >= 0.3 is 0 Å². The van der Waals surface area contributed by atoms with E-state index in [0.29, 0.717) is 18.4 Å². The van der Waals surface area contributed by atoms with Gasteiger partial charge in [0.05, 0.1) is 12.7 Å². The van der Waals surface area contributed by atoms with Gasteiger partial charge in [0.15, 0.2) is 5.78 Å². The van der Waals surface area contributed by atoms with Crippen molar-refractivity contribution in [3.8, 4) is 0 Å². The molecule has 0 radical (unpaired) electrons. The van der Waals surface area contributed by atoms with Crippen molar-refractivity contribution in [2.24, 2.45) is 23.7 Å². The number of hydrogen-bond acceptors (Lipinski definition) is 5. The van der Waals surface area contributed by atoms with E-state index in [1.807, 2.05) is 26.8 Å². The molecule has 146 valence electrons. The number of aliphatic hydroxyl groups excluding tert-OH is 1. The molecule has 0 aromatic carbocycles. The number of rotatable bonds is 3. The highest BCUT2D eigenvalue weighted by atomic mass is 16.5. The third-order valence-corrected chi connectivity index (χ3v) is 6.81. The highest BCUT2D eigenvalue weighted by Gasteiger charge is 2.54. The van der Waals surface area contributed by atoms with Crippen molar-refractivity contribution >= 4 is 5.78 Å². The van der Waals surface area contributed by atoms with Gasteiger partial charge in [0.2, 0.25) is 0 Å². The van der Waals surface area contributed by atoms with E-state index in [9.17, 15) is 20.1 Å². The van der Waals surface area contributed by atoms with Crippen molar-refractivity contribution in [2.45, 2.75) is 64.3 Å². The molecular weight excluding hydrogens is 332 g/mol. The Bertz CT molecular complexity index is 659. The van der Waals surface area contributed by atoms with Gasteiger partial charge in [-0.1, -0.05) is 32.4 Å². The van der Waals surface area contributed by atoms with Crippen LogP contribution in [-0.2, 0) is 9.53 Å². The lowest BCUT2D eigenvalue weighted by Gasteiger charge is -2.36. The minimum absolute atomic E-state index is 0.0217. The molecule has 5 nitrogen and oxygen atoms in total. The second kappa shape index (κ2) is 6.55. The molecule has 0 aromatic heterocycles. The number of fused-ring (bicyclic) bond motifs is 2. The fourth-order valence-electron chi connectivity index (χ4n) is 5.32. The molecule has 6 unspecified atom stereocenters. The summed E-state index contributed by atoms with van der Waals surface area (Å²) in [6.07, 6.45) is 3.03. The molecule has 0 heterocycles. The van der Waals surface area contributed by atoms with Crippen LogP contribution in [0.3, 0.4) is 0 Å². The van der Waals surface area contributed by atoms with Gasteiger partial charge in [0, 0.05) is 18.6 Å². The molecule has 0 spiro atoms. The number of aliphatic hydroxyl groups is 3. The van der Waals surface area contributed by atoms with Crippen LogP contribution < -0.4 is 0 Å². The highest BCUT2D eigenvalue weighted by molar-refractivity contribution is 6.06. The predicted molar refractivity (Wildman–Crippen MR) is 98.4 cm³/mol. The smallest absolute Gasteiger partial charge is 0.191 e. The van der Waals surface area contributed by atoms with Gasteiger partial charge in [0.25, 0.3) is 0 Å². The van der Waals surface area contributed by atoms with Crippen molar-refractivity contribution < 1.29 is 24.9 Å². The van der Waals surface area contributed by atoms with E-state index in [1.54, 1.807) is 14.0 Å². The summed E-state index contributed by atoms with van der Waals surface area (Å²) < 4.78 is 5.26. The summed E-state index contributed by atoms with van der Waals surface area (Å²) in [6, 6.07) is 0. The second-order valence-electron chi connectivity index (χ2n) is 8.91. The van der Waals surface area contributed by atoms with Crippen LogP contribution in [0.2, 0.25) is 0 Å². The molecule has 26 heavy (non-hydrogen) atoms. The van der Waals surface area contributed by atoms with Gasteiger partial charge in [-0.15, -0.1) is 0 Å². The third kappa shape index (κ3) is 2.80. The minimum Gasteiger partial charge on any atom is -0.392 e. The Morgan fingerprint density at radius 1 is 1.35 bits per heavy atom. The van der Waals surface area contributed by atoms with E-state index in [1.165, 1.54) is 0 Å². The van der Waals surface area contributed by atoms with Crippen molar-refractivity contribution in [3.05, 3.63) is 22.8 Å². The number of hydrogen-bond donors (Lipinski definition) is 3. The van der Waals surface area contributed by atoms with Gasteiger partial charge in [-0.05, 0) is 49.5 Å². The molecule has 3 rings (SSSR count). The molecule has 1 saturated carbocycles. The summed E-state index contributed by atoms with van der Waals surface area (Å²) in [4.78, 5) is 12.9. The predicted octanol–water partition coefficient (Wildman–Crippen LogP) is 2.00. The van der Waals surface area contributed by atoms with Gasteiger partial charge in [-0.3, -0.25) is 4.79 Å². The lowest BCUT2D eigenvalue weighted by atomic mass is 9.73. The fourth-order valence-corrected chi connectivity index (χ4v) is 5.32. The zero-order chi connectivity index (χ0) is 19.4. The number of carbonyl (C=O) groups is 1. The van der Waals surface area contributed by atoms with Gasteiger partial charge in [-0.2, -0.15) is 0 Å². The maximum absolute atomic E-state index is 12.9. The molecule has 6 atom stereocenters. The maximum Gasteiger partial charge on any atom is 0.191 e. The lowest BCUT2D eigenvalue weighted by Crippen LogP contribution is -2.42. The van der Waals surface area contributed by atoms with Crippen LogP contribution in [0.4, 0.5) is 0 Å². The van der Waals surface area contributed by atoms with E-state index >= 15 is 0 Å². The summed E-state index contributed by atoms with van der Waals surface area (Å²) in [5.74, 6) is -0.786. The monoisotopic (exact) mass is 364 g/mol. The summed E-state index contributed by atoms with van der Waals surface area (Å²) in [5.41, 5.74) is -0.369. The quantitative estimate of drug-likeness (QED) is 0.667. The van der Waals surface area contributed by atoms with Crippen LogP contribution in [-0.4, -0.2) is 52.1 Å². The van der Waals surface area contributed by atoms with Crippen LogP contribution in [0, 0.1) is 23.7 Å². The number of ether oxygens (including phenoxy) is 1. The Labute approximate surface area is 155 Å². The average Bonchev–Trinajstić information content (AvgIpc) is 2.94. The second-order valence-corrected chi connectivity index (χ2v) is 8.91. The van der Waals surface area contributed by atoms with Crippen LogP contribution in [0.1, 0.15) is 47.0 Å². The van der Waals surface area contributed by atoms with E-state index in [-0.39, 0.29) is 30.1 Å². The molecule has 3 aliphatic rings. The van der Waals surface area contributed by atoms with Crippen LogP contribution in [0.25, 0.3) is 0 Å². The van der Waals surface area contributed by atoms with Gasteiger partial charge < -0.3 is 20.1 Å². The molecule has 0 aliphatic heterocycles. The SMILES string of the molecule is COCC1(O)CCC2C1=CC1C(=C(C(C)C)C(=O)C1(C)O)CC(O)C2C. The number of carbonyl (C=O) groups excluding carboxylic acids is 1. The standard InChI is InChI=1S/C21H32O5/c1-11(2)18-14-8-17(22)12(3)13-6-7-21(25,10-26-5)16(13)9-15(14)20(4,24)19(18)23/h9,11-13,15,17,22,24-25H,6-8,10H2,1-5H3. The summed E-state index contributed by atoms with van der Waals surface area (Å²) in [5, 5.41) is 33.1. The highest BCUT2D eigenvalue weighted by Crippen LogP contribution is 2.52. The van der Waals surface area contributed by atoms with Crippen molar-refractivity contribution in [3.63, 3.8) is 0 Å². The molecule has 0 aromatic rings. The Hall–Kier alpha value is -1.01. The number of ketones is 1. The van der Waals surface area contributed by atoms with Gasteiger partial charge in [-0.25, -0.2) is 0 Å². The maximum atomic E-state index is 12.9. The number of Topliss-reactive ketones (excluding diaryl/α,β-unsaturated/α-hetero) is 1. The lowest BCUT2D eigenvalue weighted by molar-refractivity contribution is -0.132. The zero-order valence-corrected chi connectivity index (χ0v) is 16.5. The molecule has 0 bridgehead atoms. The van der Waals surface area contributed by atoms with Crippen molar-refractivity contribution in [1.29, 1.82) is 0 Å². The Kier molecular flexibility index (Phi) is 4.98. The van der Waals surface area contributed by atoms with Crippen LogP contribution in [0.5, 0.6) is 0 Å². The van der Waals surface area contributed by atoms with E-state index < -0.39 is 23.2 Å². The summed E-state index contributed by atoms with van der Waals surface area (Å²) in [6.45, 7) is 7.63. The van der Waals surface area contributed by atoms with Crippen LogP contribution in [0.15, 0.2) is 22.8 Å². The Morgan fingerprint density at radius 2 is 2.00 bits per heavy atom. The molecule has 1 fully saturated rings. The average molecular weight is 364 g/mol. The third-order valence-electron chi connectivity index (χ3n) is 6.81. The van der Waals surface area contributed by atoms with E-state index in [2.05, 4.69) is 0 Å². The minimum atomic E-state index is -1.54. The molecule has 0 amide bonds. The molecule has 3 N–H and O–H groups in total. The molecule has 0 saturated heterocycles. The van der Waals surface area contributed by atoms with E-state index in [4.69, 9.17) is 4.74 Å². The molecular formula is C21H32O5. The first-order chi connectivity index (χ1) is 12.0. The first-order valence-corrected chi connectivity index (χ1v) is 9.66. The zero-order valence-electron chi connectivity index (χ0n) is 16.5. The van der Waals surface area contributed by atoms with Crippen molar-refractivity contribution in [1.82, 2.24) is 0 Å². The van der Waals surface area contributed by atoms with Gasteiger partial charge in [0.1, 0.15) is 11.2 Å². The summed E-state index contributed by atoms with van der Waals surface area (Å²) >= 11 is 0. The topological polar surface area (TPSA) is 87.0 Å². The first-order valence-electron chi connectivity index (χ1n) is 9.66. The number of methoxy groups -OCH3 is 1. The van der Waals surface area contributed by atoms with Crippen LogP contribution >= 0.6 is 0 Å². The Morgan fingerprint density at radius 3 is 2.58 bits per heavy atom. The largest absolute Gasteiger partial charge is 0.392 e. The fraction of sp³-hybridized carbons (Fsp3) is 0.762. The molecule has 3 aliphatic carbocycles.